The predicted octanol–water partition coefficient (Wildman–Crippen LogP) is 5.22. The molecule has 0 radical (unpaired) electrons. The molecule has 3 aromatic rings. The Labute approximate surface area is 227 Å². The number of rotatable bonds is 10. The van der Waals surface area contributed by atoms with Crippen molar-refractivity contribution in [1.29, 1.82) is 0 Å². The quantitative estimate of drug-likeness (QED) is 0.353. The summed E-state index contributed by atoms with van der Waals surface area (Å²) in [5.74, 6) is -0.402. The maximum atomic E-state index is 13.4. The summed E-state index contributed by atoms with van der Waals surface area (Å²) in [4.78, 5) is 28.2. The molecule has 1 aliphatic heterocycles. The highest BCUT2D eigenvalue weighted by Gasteiger charge is 2.35. The van der Waals surface area contributed by atoms with Gasteiger partial charge in [-0.05, 0) is 61.9 Å². The number of carbonyl (C=O) groups excluding carboxylic acids is 2. The van der Waals surface area contributed by atoms with Crippen LogP contribution in [0.25, 0.3) is 10.8 Å². The van der Waals surface area contributed by atoms with Crippen LogP contribution < -0.4 is 9.62 Å². The average molecular weight is 587 g/mol. The van der Waals surface area contributed by atoms with Gasteiger partial charge >= 0.3 is 0 Å². The lowest BCUT2D eigenvalue weighted by Crippen LogP contribution is -2.49. The van der Waals surface area contributed by atoms with E-state index in [1.54, 1.807) is 30.0 Å². The molecular weight excluding hydrogens is 554 g/mol. The molecule has 0 unspecified atom stereocenters. The van der Waals surface area contributed by atoms with Crippen molar-refractivity contribution >= 4 is 54.2 Å². The van der Waals surface area contributed by atoms with E-state index in [9.17, 15) is 18.0 Å². The Hall–Kier alpha value is -2.91. The van der Waals surface area contributed by atoms with Crippen LogP contribution in [0.2, 0.25) is 0 Å². The standard InChI is InChI=1S/C28H32BrN3O4S/c1-4-19(2)30-28(34)20(3)31(18-21-9-5-12-23(29)17-21)26(33)15-8-16-32-24-13-6-10-22-11-7-14-25(27(22)24)37(32,35)36/h5-7,9-14,17,19-20H,4,8,15-16,18H2,1-3H3,(H,30,34)/t19-,20+/m0/s1. The molecule has 4 rings (SSSR count). The third kappa shape index (κ3) is 5.67. The molecule has 0 aromatic heterocycles. The molecule has 0 aliphatic carbocycles. The minimum absolute atomic E-state index is 0.00230. The van der Waals surface area contributed by atoms with Gasteiger partial charge in [-0.1, -0.05) is 59.3 Å². The highest BCUT2D eigenvalue weighted by atomic mass is 79.9. The van der Waals surface area contributed by atoms with E-state index < -0.39 is 16.1 Å². The van der Waals surface area contributed by atoms with Gasteiger partial charge in [0.15, 0.2) is 0 Å². The third-order valence-corrected chi connectivity index (χ3v) is 9.19. The smallest absolute Gasteiger partial charge is 0.265 e. The summed E-state index contributed by atoms with van der Waals surface area (Å²) < 4.78 is 28.8. The van der Waals surface area contributed by atoms with Crippen molar-refractivity contribution in [2.45, 2.75) is 63.6 Å². The van der Waals surface area contributed by atoms with Gasteiger partial charge in [0.25, 0.3) is 10.0 Å². The molecule has 0 spiro atoms. The fraction of sp³-hybridized carbons (Fsp3) is 0.357. The summed E-state index contributed by atoms with van der Waals surface area (Å²) in [7, 11) is -3.68. The van der Waals surface area contributed by atoms with Gasteiger partial charge in [0.05, 0.1) is 10.6 Å². The highest BCUT2D eigenvalue weighted by molar-refractivity contribution is 9.10. The van der Waals surface area contributed by atoms with Gasteiger partial charge in [-0.15, -0.1) is 0 Å². The molecule has 2 amide bonds. The molecule has 0 fully saturated rings. The molecule has 37 heavy (non-hydrogen) atoms. The Balaban J connectivity index is 1.50. The SMILES string of the molecule is CC[C@H](C)NC(=O)[C@@H](C)N(Cc1cccc(Br)c1)C(=O)CCCN1c2cccc3cccc(c23)S1(=O)=O. The van der Waals surface area contributed by atoms with Crippen molar-refractivity contribution in [3.8, 4) is 0 Å². The molecular formula is C28H32BrN3O4S. The van der Waals surface area contributed by atoms with Crippen molar-refractivity contribution in [3.63, 3.8) is 0 Å². The Bertz CT molecular complexity index is 1420. The van der Waals surface area contributed by atoms with Gasteiger partial charge in [0.1, 0.15) is 6.04 Å². The molecule has 7 nitrogen and oxygen atoms in total. The first-order valence-corrected chi connectivity index (χ1v) is 14.8. The second-order valence-electron chi connectivity index (χ2n) is 9.46. The zero-order valence-corrected chi connectivity index (χ0v) is 23.7. The van der Waals surface area contributed by atoms with Crippen LogP contribution in [0.4, 0.5) is 5.69 Å². The second-order valence-corrected chi connectivity index (χ2v) is 12.2. The normalized spacial score (nSPS) is 15.4. The maximum absolute atomic E-state index is 13.4. The number of sulfonamides is 1. The van der Waals surface area contributed by atoms with E-state index in [-0.39, 0.29) is 37.4 Å². The van der Waals surface area contributed by atoms with E-state index in [1.807, 2.05) is 56.3 Å². The van der Waals surface area contributed by atoms with Crippen molar-refractivity contribution in [1.82, 2.24) is 10.2 Å². The van der Waals surface area contributed by atoms with Crippen LogP contribution in [0.1, 0.15) is 45.6 Å². The fourth-order valence-electron chi connectivity index (χ4n) is 4.60. The van der Waals surface area contributed by atoms with E-state index in [4.69, 9.17) is 0 Å². The van der Waals surface area contributed by atoms with Crippen LogP contribution in [0.5, 0.6) is 0 Å². The molecule has 2 atom stereocenters. The average Bonchev–Trinajstić information content (AvgIpc) is 3.09. The lowest BCUT2D eigenvalue weighted by Gasteiger charge is -2.30. The Kier molecular flexibility index (Phi) is 8.23. The van der Waals surface area contributed by atoms with Crippen LogP contribution in [0.15, 0.2) is 70.0 Å². The molecule has 1 heterocycles. The van der Waals surface area contributed by atoms with Crippen LogP contribution in [-0.2, 0) is 26.2 Å². The van der Waals surface area contributed by atoms with Gasteiger partial charge in [0.2, 0.25) is 11.8 Å². The first kappa shape index (κ1) is 27.1. The van der Waals surface area contributed by atoms with Crippen LogP contribution >= 0.6 is 15.9 Å². The summed E-state index contributed by atoms with van der Waals surface area (Å²) in [6, 6.07) is 17.8. The zero-order chi connectivity index (χ0) is 26.7. The summed E-state index contributed by atoms with van der Waals surface area (Å²) in [6.07, 6.45) is 1.24. The van der Waals surface area contributed by atoms with E-state index in [0.29, 0.717) is 17.0 Å². The number of benzene rings is 3. The molecule has 3 aromatic carbocycles. The molecule has 0 saturated carbocycles. The number of anilines is 1. The van der Waals surface area contributed by atoms with Crippen LogP contribution in [-0.4, -0.2) is 43.8 Å². The summed E-state index contributed by atoms with van der Waals surface area (Å²) in [6.45, 7) is 6.11. The van der Waals surface area contributed by atoms with Crippen molar-refractivity contribution in [3.05, 3.63) is 70.7 Å². The first-order valence-electron chi connectivity index (χ1n) is 12.5. The predicted molar refractivity (Wildman–Crippen MR) is 150 cm³/mol. The maximum Gasteiger partial charge on any atom is 0.265 e. The van der Waals surface area contributed by atoms with Gasteiger partial charge in [-0.3, -0.25) is 13.9 Å². The molecule has 0 bridgehead atoms. The fourth-order valence-corrected chi connectivity index (χ4v) is 6.79. The van der Waals surface area contributed by atoms with Gasteiger partial charge < -0.3 is 10.2 Å². The van der Waals surface area contributed by atoms with Gasteiger partial charge in [0, 0.05) is 35.4 Å². The number of halogens is 1. The third-order valence-electron chi connectivity index (χ3n) is 6.84. The Morgan fingerprint density at radius 2 is 1.76 bits per heavy atom. The minimum atomic E-state index is -3.68. The van der Waals surface area contributed by atoms with Crippen LogP contribution in [0.3, 0.4) is 0 Å². The van der Waals surface area contributed by atoms with E-state index in [2.05, 4.69) is 21.2 Å². The number of carbonyl (C=O) groups is 2. The topological polar surface area (TPSA) is 86.8 Å². The Morgan fingerprint density at radius 1 is 1.05 bits per heavy atom. The van der Waals surface area contributed by atoms with E-state index >= 15 is 0 Å². The summed E-state index contributed by atoms with van der Waals surface area (Å²) in [5.41, 5.74) is 1.54. The first-order chi connectivity index (χ1) is 17.6. The van der Waals surface area contributed by atoms with Crippen molar-refractivity contribution in [2.75, 3.05) is 10.8 Å². The number of hydrogen-bond acceptors (Lipinski definition) is 4. The van der Waals surface area contributed by atoms with E-state index in [1.165, 1.54) is 4.31 Å². The molecule has 1 aliphatic rings. The van der Waals surface area contributed by atoms with Crippen LogP contribution in [0, 0.1) is 0 Å². The van der Waals surface area contributed by atoms with E-state index in [0.717, 1.165) is 27.2 Å². The van der Waals surface area contributed by atoms with Gasteiger partial charge in [-0.2, -0.15) is 0 Å². The number of hydrogen-bond donors (Lipinski definition) is 1. The van der Waals surface area contributed by atoms with Crippen molar-refractivity contribution < 1.29 is 18.0 Å². The summed E-state index contributed by atoms with van der Waals surface area (Å²) in [5, 5.41) is 4.56. The monoisotopic (exact) mass is 585 g/mol. The number of amides is 2. The lowest BCUT2D eigenvalue weighted by atomic mass is 10.1. The Morgan fingerprint density at radius 3 is 2.46 bits per heavy atom. The molecule has 9 heteroatoms. The number of nitrogens with zero attached hydrogens (tertiary/aromatic N) is 2. The summed E-state index contributed by atoms with van der Waals surface area (Å²) >= 11 is 3.47. The van der Waals surface area contributed by atoms with Gasteiger partial charge in [-0.25, -0.2) is 8.42 Å². The second kappa shape index (κ2) is 11.2. The molecule has 196 valence electrons. The zero-order valence-electron chi connectivity index (χ0n) is 21.3. The molecule has 0 saturated heterocycles. The largest absolute Gasteiger partial charge is 0.352 e. The minimum Gasteiger partial charge on any atom is -0.352 e. The highest BCUT2D eigenvalue weighted by Crippen LogP contribution is 2.42. The van der Waals surface area contributed by atoms with Crippen molar-refractivity contribution in [2.24, 2.45) is 0 Å². The lowest BCUT2D eigenvalue weighted by molar-refractivity contribution is -0.140. The number of nitrogens with one attached hydrogen (secondary N) is 1. The molecule has 1 N–H and O–H groups in total.